The number of rotatable bonds is 3. The molecule has 1 fully saturated rings. The summed E-state index contributed by atoms with van der Waals surface area (Å²) in [5, 5.41) is 36.0. The van der Waals surface area contributed by atoms with Crippen molar-refractivity contribution in [2.75, 3.05) is 26.4 Å². The van der Waals surface area contributed by atoms with E-state index >= 15 is 0 Å². The maximum absolute atomic E-state index is 9.50. The number of aliphatic hydroxyl groups excluding tert-OH is 2. The first kappa shape index (κ1) is 10.8. The molecule has 0 aromatic heterocycles. The average molecular weight is 194 g/mol. The fraction of sp³-hybridized carbons (Fsp3) is 1.00. The van der Waals surface area contributed by atoms with Gasteiger partial charge in [-0.05, 0) is 0 Å². The molecule has 0 amide bonds. The molecule has 6 heteroatoms. The minimum Gasteiger partial charge on any atom is -0.396 e. The summed E-state index contributed by atoms with van der Waals surface area (Å²) in [4.78, 5) is 0. The second-order valence-corrected chi connectivity index (χ2v) is 3.10. The topological polar surface area (TPSA) is 99.4 Å². The van der Waals surface area contributed by atoms with Crippen LogP contribution in [0, 0.1) is 0 Å². The normalized spacial score (nSPS) is 40.6. The molecule has 0 radical (unpaired) electrons. The Bertz CT molecular complexity index is 162. The predicted molar refractivity (Wildman–Crippen MR) is 40.6 cm³/mol. The van der Waals surface area contributed by atoms with E-state index in [1.54, 1.807) is 0 Å². The monoisotopic (exact) mass is 194 g/mol. The first-order valence-electron chi connectivity index (χ1n) is 3.98. The second kappa shape index (κ2) is 3.87. The van der Waals surface area contributed by atoms with Crippen LogP contribution < -0.4 is 0 Å². The van der Waals surface area contributed by atoms with Crippen molar-refractivity contribution in [1.82, 2.24) is 0 Å². The van der Waals surface area contributed by atoms with Gasteiger partial charge in [-0.15, -0.1) is 0 Å². The Morgan fingerprint density at radius 2 is 1.54 bits per heavy atom. The Kier molecular flexibility index (Phi) is 3.23. The van der Waals surface area contributed by atoms with Gasteiger partial charge in [0.15, 0.2) is 5.79 Å². The molecule has 4 N–H and O–H groups in total. The molecule has 78 valence electrons. The van der Waals surface area contributed by atoms with Gasteiger partial charge in [0.25, 0.3) is 0 Å². The molecule has 0 saturated carbocycles. The fourth-order valence-corrected chi connectivity index (χ4v) is 0.988. The summed E-state index contributed by atoms with van der Waals surface area (Å²) in [6.45, 7) is -1.43. The first-order valence-corrected chi connectivity index (χ1v) is 3.98. The smallest absolute Gasteiger partial charge is 0.213 e. The van der Waals surface area contributed by atoms with E-state index in [9.17, 15) is 10.2 Å². The highest BCUT2D eigenvalue weighted by molar-refractivity contribution is 4.77. The molecule has 1 aliphatic heterocycles. The number of aliphatic hydroxyl groups is 4. The van der Waals surface area contributed by atoms with Crippen LogP contribution in [0.1, 0.15) is 6.42 Å². The number of hydrogen-bond donors (Lipinski definition) is 4. The number of hydrogen-bond acceptors (Lipinski definition) is 6. The van der Waals surface area contributed by atoms with Crippen molar-refractivity contribution in [3.8, 4) is 0 Å². The molecule has 6 nitrogen and oxygen atoms in total. The van der Waals surface area contributed by atoms with Crippen LogP contribution in [0.3, 0.4) is 0 Å². The van der Waals surface area contributed by atoms with Crippen LogP contribution >= 0.6 is 0 Å². The van der Waals surface area contributed by atoms with Crippen LogP contribution in [0.2, 0.25) is 0 Å². The third kappa shape index (κ3) is 2.60. The summed E-state index contributed by atoms with van der Waals surface area (Å²) in [5.41, 5.74) is 0. The summed E-state index contributed by atoms with van der Waals surface area (Å²) < 4.78 is 9.68. The molecule has 1 heterocycles. The Labute approximate surface area is 75.3 Å². The molecule has 0 bridgehead atoms. The van der Waals surface area contributed by atoms with E-state index in [1.165, 1.54) is 0 Å². The lowest BCUT2D eigenvalue weighted by molar-refractivity contribution is -0.373. The zero-order valence-corrected chi connectivity index (χ0v) is 7.14. The van der Waals surface area contributed by atoms with Crippen molar-refractivity contribution >= 4 is 0 Å². The zero-order valence-electron chi connectivity index (χ0n) is 7.14. The van der Waals surface area contributed by atoms with Crippen molar-refractivity contribution in [3.05, 3.63) is 0 Å². The lowest BCUT2D eigenvalue weighted by Crippen LogP contribution is -2.55. The largest absolute Gasteiger partial charge is 0.396 e. The van der Waals surface area contributed by atoms with E-state index in [-0.39, 0.29) is 26.2 Å². The van der Waals surface area contributed by atoms with Crippen molar-refractivity contribution in [1.29, 1.82) is 0 Å². The molecule has 0 aliphatic carbocycles. The van der Waals surface area contributed by atoms with Crippen molar-refractivity contribution < 1.29 is 29.9 Å². The third-order valence-corrected chi connectivity index (χ3v) is 1.88. The van der Waals surface area contributed by atoms with Crippen LogP contribution in [0.15, 0.2) is 0 Å². The van der Waals surface area contributed by atoms with Gasteiger partial charge in [-0.2, -0.15) is 0 Å². The maximum Gasteiger partial charge on any atom is 0.213 e. The minimum absolute atomic E-state index is 0.00844. The Hall–Kier alpha value is -0.240. The van der Waals surface area contributed by atoms with E-state index in [1.807, 2.05) is 0 Å². The summed E-state index contributed by atoms with van der Waals surface area (Å²) >= 11 is 0. The van der Waals surface area contributed by atoms with Crippen molar-refractivity contribution in [3.63, 3.8) is 0 Å². The van der Waals surface area contributed by atoms with E-state index < -0.39 is 18.2 Å². The fourth-order valence-electron chi connectivity index (χ4n) is 0.988. The molecule has 0 spiro atoms. The standard InChI is InChI=1S/C7H14O6/c8-2-1-6(10)4-13-7(11,3-9)5-12-6/h8-11H,1-5H2. The van der Waals surface area contributed by atoms with Gasteiger partial charge in [0.05, 0.1) is 6.61 Å². The van der Waals surface area contributed by atoms with Gasteiger partial charge in [0.1, 0.15) is 13.2 Å². The van der Waals surface area contributed by atoms with E-state index in [4.69, 9.17) is 19.7 Å². The minimum atomic E-state index is -1.73. The Balaban J connectivity index is 2.46. The van der Waals surface area contributed by atoms with Gasteiger partial charge >= 0.3 is 0 Å². The van der Waals surface area contributed by atoms with Crippen molar-refractivity contribution in [2.45, 2.75) is 18.0 Å². The lowest BCUT2D eigenvalue weighted by Gasteiger charge is -2.39. The quantitative estimate of drug-likeness (QED) is 0.406. The maximum atomic E-state index is 9.50. The number of ether oxygens (including phenoxy) is 2. The molecule has 2 unspecified atom stereocenters. The molecule has 1 aliphatic rings. The second-order valence-electron chi connectivity index (χ2n) is 3.10. The zero-order chi connectivity index (χ0) is 9.95. The Morgan fingerprint density at radius 3 is 1.92 bits per heavy atom. The van der Waals surface area contributed by atoms with Gasteiger partial charge in [0, 0.05) is 13.0 Å². The van der Waals surface area contributed by atoms with Gasteiger partial charge < -0.3 is 29.9 Å². The van der Waals surface area contributed by atoms with Crippen LogP contribution in [-0.4, -0.2) is 58.4 Å². The summed E-state index contributed by atoms with van der Waals surface area (Å²) in [7, 11) is 0. The van der Waals surface area contributed by atoms with E-state index in [0.29, 0.717) is 0 Å². The highest BCUT2D eigenvalue weighted by Gasteiger charge is 2.41. The first-order chi connectivity index (χ1) is 6.04. The molecule has 13 heavy (non-hydrogen) atoms. The van der Waals surface area contributed by atoms with Gasteiger partial charge in [-0.1, -0.05) is 0 Å². The predicted octanol–water partition coefficient (Wildman–Crippen LogP) is -2.21. The molecule has 1 saturated heterocycles. The molecule has 2 atom stereocenters. The summed E-state index contributed by atoms with van der Waals surface area (Å²) in [5.74, 6) is -3.29. The van der Waals surface area contributed by atoms with Gasteiger partial charge in [-0.25, -0.2) is 0 Å². The lowest BCUT2D eigenvalue weighted by atomic mass is 10.1. The molecular weight excluding hydrogens is 180 g/mol. The van der Waals surface area contributed by atoms with Crippen LogP contribution in [0.25, 0.3) is 0 Å². The average Bonchev–Trinajstić information content (AvgIpc) is 2.12. The van der Waals surface area contributed by atoms with E-state index in [2.05, 4.69) is 0 Å². The summed E-state index contributed by atoms with van der Waals surface area (Å²) in [6, 6.07) is 0. The SMILES string of the molecule is OCCC1(O)COC(O)(CO)CO1. The Morgan fingerprint density at radius 1 is 1.00 bits per heavy atom. The van der Waals surface area contributed by atoms with Gasteiger partial charge in [0.2, 0.25) is 5.79 Å². The molecule has 0 aromatic carbocycles. The van der Waals surface area contributed by atoms with Crippen LogP contribution in [0.5, 0.6) is 0 Å². The van der Waals surface area contributed by atoms with Gasteiger partial charge in [-0.3, -0.25) is 0 Å². The third-order valence-electron chi connectivity index (χ3n) is 1.88. The molecule has 1 rings (SSSR count). The van der Waals surface area contributed by atoms with Crippen LogP contribution in [0.4, 0.5) is 0 Å². The molecule has 0 aromatic rings. The van der Waals surface area contributed by atoms with Crippen LogP contribution in [-0.2, 0) is 9.47 Å². The summed E-state index contributed by atoms with van der Waals surface area (Å²) in [6.07, 6.45) is 0.00844. The highest BCUT2D eigenvalue weighted by Crippen LogP contribution is 2.23. The van der Waals surface area contributed by atoms with Crippen molar-refractivity contribution in [2.24, 2.45) is 0 Å². The molecular formula is C7H14O6. The highest BCUT2D eigenvalue weighted by atomic mass is 16.7. The van der Waals surface area contributed by atoms with E-state index in [0.717, 1.165) is 0 Å².